The smallest absolute Gasteiger partial charge is 0.0814 e. The topological polar surface area (TPSA) is 34.2 Å². The van der Waals surface area contributed by atoms with Crippen LogP contribution in [0.15, 0.2) is 36.5 Å². The number of nitrogens with one attached hydrogen (secondary N) is 1. The summed E-state index contributed by atoms with van der Waals surface area (Å²) >= 11 is 0. The molecule has 2 atom stereocenters. The molecule has 0 aliphatic carbocycles. The van der Waals surface area contributed by atoms with Crippen LogP contribution in [0, 0.1) is 5.41 Å². The predicted octanol–water partition coefficient (Wildman–Crippen LogP) is 3.95. The summed E-state index contributed by atoms with van der Waals surface area (Å²) in [6.07, 6.45) is 2.05. The maximum absolute atomic E-state index is 5.81. The molecule has 0 amide bonds. The van der Waals surface area contributed by atoms with Crippen LogP contribution in [-0.2, 0) is 4.74 Å². The van der Waals surface area contributed by atoms with Gasteiger partial charge in [0, 0.05) is 18.7 Å². The third kappa shape index (κ3) is 3.60. The van der Waals surface area contributed by atoms with Gasteiger partial charge in [-0.2, -0.15) is 0 Å². The monoisotopic (exact) mass is 286 g/mol. The first kappa shape index (κ1) is 15.9. The second kappa shape index (κ2) is 6.54. The molecule has 0 spiro atoms. The van der Waals surface area contributed by atoms with Gasteiger partial charge in [-0.3, -0.25) is 4.98 Å². The van der Waals surface area contributed by atoms with Gasteiger partial charge in [0.1, 0.15) is 0 Å². The Morgan fingerprint density at radius 3 is 2.57 bits per heavy atom. The van der Waals surface area contributed by atoms with Gasteiger partial charge in [0.25, 0.3) is 0 Å². The standard InChI is InChI=1S/C18H26N2O/c1-6-19-16(17(21-5)18(2,3)4)14-11-13-9-7-8-10-15(13)20-12-14/h7-12,16-17,19H,6H2,1-5H3. The molecule has 21 heavy (non-hydrogen) atoms. The lowest BCUT2D eigenvalue weighted by Crippen LogP contribution is -2.41. The van der Waals surface area contributed by atoms with Crippen LogP contribution >= 0.6 is 0 Å². The zero-order chi connectivity index (χ0) is 15.5. The van der Waals surface area contributed by atoms with Crippen molar-refractivity contribution in [1.29, 1.82) is 0 Å². The summed E-state index contributed by atoms with van der Waals surface area (Å²) in [7, 11) is 1.79. The van der Waals surface area contributed by atoms with E-state index in [1.807, 2.05) is 24.4 Å². The minimum absolute atomic E-state index is 0.0488. The lowest BCUT2D eigenvalue weighted by molar-refractivity contribution is -0.0116. The van der Waals surface area contributed by atoms with Crippen LogP contribution in [0.5, 0.6) is 0 Å². The number of nitrogens with zero attached hydrogens (tertiary/aromatic N) is 1. The molecule has 0 radical (unpaired) electrons. The van der Waals surface area contributed by atoms with E-state index in [9.17, 15) is 0 Å². The van der Waals surface area contributed by atoms with Crippen LogP contribution in [-0.4, -0.2) is 24.7 Å². The highest BCUT2D eigenvalue weighted by Crippen LogP contribution is 2.33. The first-order valence-corrected chi connectivity index (χ1v) is 7.58. The maximum Gasteiger partial charge on any atom is 0.0814 e. The van der Waals surface area contributed by atoms with Crippen molar-refractivity contribution in [1.82, 2.24) is 10.3 Å². The Balaban J connectivity index is 2.44. The predicted molar refractivity (Wildman–Crippen MR) is 88.4 cm³/mol. The number of aromatic nitrogens is 1. The Hall–Kier alpha value is -1.45. The van der Waals surface area contributed by atoms with E-state index in [2.05, 4.69) is 50.1 Å². The van der Waals surface area contributed by atoms with E-state index in [1.165, 1.54) is 10.9 Å². The molecule has 1 N–H and O–H groups in total. The highest BCUT2D eigenvalue weighted by molar-refractivity contribution is 5.78. The van der Waals surface area contributed by atoms with Crippen LogP contribution in [0.2, 0.25) is 0 Å². The van der Waals surface area contributed by atoms with Gasteiger partial charge >= 0.3 is 0 Å². The van der Waals surface area contributed by atoms with Crippen molar-refractivity contribution in [3.63, 3.8) is 0 Å². The molecule has 2 rings (SSSR count). The van der Waals surface area contributed by atoms with Crippen molar-refractivity contribution in [2.24, 2.45) is 5.41 Å². The molecule has 2 aromatic rings. The van der Waals surface area contributed by atoms with Crippen LogP contribution in [0.3, 0.4) is 0 Å². The average Bonchev–Trinajstić information content (AvgIpc) is 2.45. The number of ether oxygens (including phenoxy) is 1. The summed E-state index contributed by atoms with van der Waals surface area (Å²) in [5.74, 6) is 0. The van der Waals surface area contributed by atoms with E-state index < -0.39 is 0 Å². The number of hydrogen-bond donors (Lipinski definition) is 1. The number of benzene rings is 1. The van der Waals surface area contributed by atoms with Gasteiger partial charge in [0.05, 0.1) is 17.7 Å². The van der Waals surface area contributed by atoms with Gasteiger partial charge in [0.2, 0.25) is 0 Å². The first-order chi connectivity index (χ1) is 9.97. The molecule has 0 bridgehead atoms. The molecule has 0 aliphatic heterocycles. The van der Waals surface area contributed by atoms with E-state index in [0.29, 0.717) is 0 Å². The number of likely N-dealkylation sites (N-methyl/N-ethyl adjacent to an activating group) is 1. The van der Waals surface area contributed by atoms with Crippen LogP contribution in [0.1, 0.15) is 39.3 Å². The van der Waals surface area contributed by atoms with Gasteiger partial charge in [-0.1, -0.05) is 45.9 Å². The van der Waals surface area contributed by atoms with E-state index in [-0.39, 0.29) is 17.6 Å². The Kier molecular flexibility index (Phi) is 4.96. The van der Waals surface area contributed by atoms with Crippen molar-refractivity contribution in [2.75, 3.05) is 13.7 Å². The fourth-order valence-electron chi connectivity index (χ4n) is 2.87. The molecular formula is C18H26N2O. The molecule has 3 nitrogen and oxygen atoms in total. The van der Waals surface area contributed by atoms with Gasteiger partial charge in [-0.15, -0.1) is 0 Å². The van der Waals surface area contributed by atoms with Gasteiger partial charge < -0.3 is 10.1 Å². The summed E-state index contributed by atoms with van der Waals surface area (Å²) in [5.41, 5.74) is 2.26. The average molecular weight is 286 g/mol. The minimum atomic E-state index is 0.0488. The molecule has 3 heteroatoms. The number of hydrogen-bond acceptors (Lipinski definition) is 3. The van der Waals surface area contributed by atoms with Crippen LogP contribution < -0.4 is 5.32 Å². The number of methoxy groups -OCH3 is 1. The quantitative estimate of drug-likeness (QED) is 0.903. The number of rotatable bonds is 5. The molecule has 1 aromatic heterocycles. The lowest BCUT2D eigenvalue weighted by Gasteiger charge is -2.36. The van der Waals surface area contributed by atoms with Gasteiger partial charge in [-0.05, 0) is 29.7 Å². The third-order valence-corrected chi connectivity index (χ3v) is 3.81. The zero-order valence-corrected chi connectivity index (χ0v) is 13.7. The van der Waals surface area contributed by atoms with Crippen molar-refractivity contribution >= 4 is 10.9 Å². The first-order valence-electron chi connectivity index (χ1n) is 7.58. The number of fused-ring (bicyclic) bond motifs is 1. The van der Waals surface area contributed by atoms with E-state index in [0.717, 1.165) is 12.1 Å². The summed E-state index contributed by atoms with van der Waals surface area (Å²) in [6.45, 7) is 9.64. The second-order valence-corrected chi connectivity index (χ2v) is 6.52. The van der Waals surface area contributed by atoms with Crippen molar-refractivity contribution in [2.45, 2.75) is 39.8 Å². The molecule has 2 unspecified atom stereocenters. The number of pyridine rings is 1. The molecule has 0 aliphatic rings. The van der Waals surface area contributed by atoms with E-state index in [1.54, 1.807) is 7.11 Å². The Morgan fingerprint density at radius 1 is 1.24 bits per heavy atom. The van der Waals surface area contributed by atoms with Crippen molar-refractivity contribution < 1.29 is 4.74 Å². The van der Waals surface area contributed by atoms with E-state index >= 15 is 0 Å². The summed E-state index contributed by atoms with van der Waals surface area (Å²) in [6, 6.07) is 10.6. The zero-order valence-electron chi connectivity index (χ0n) is 13.7. The molecular weight excluding hydrogens is 260 g/mol. The fourth-order valence-corrected chi connectivity index (χ4v) is 2.87. The number of para-hydroxylation sites is 1. The molecule has 0 saturated carbocycles. The largest absolute Gasteiger partial charge is 0.379 e. The SMILES string of the molecule is CCNC(c1cnc2ccccc2c1)C(OC)C(C)(C)C. The highest BCUT2D eigenvalue weighted by Gasteiger charge is 2.33. The van der Waals surface area contributed by atoms with Crippen molar-refractivity contribution in [3.8, 4) is 0 Å². The molecule has 0 fully saturated rings. The van der Waals surface area contributed by atoms with Crippen LogP contribution in [0.25, 0.3) is 10.9 Å². The lowest BCUT2D eigenvalue weighted by atomic mass is 9.82. The van der Waals surface area contributed by atoms with Crippen molar-refractivity contribution in [3.05, 3.63) is 42.1 Å². The maximum atomic E-state index is 5.81. The third-order valence-electron chi connectivity index (χ3n) is 3.81. The normalized spacial score (nSPS) is 15.1. The Morgan fingerprint density at radius 2 is 1.95 bits per heavy atom. The van der Waals surface area contributed by atoms with Crippen LogP contribution in [0.4, 0.5) is 0 Å². The Bertz CT molecular complexity index is 589. The summed E-state index contributed by atoms with van der Waals surface area (Å²) in [5, 5.41) is 4.72. The van der Waals surface area contributed by atoms with E-state index in [4.69, 9.17) is 4.74 Å². The second-order valence-electron chi connectivity index (χ2n) is 6.52. The van der Waals surface area contributed by atoms with Gasteiger partial charge in [-0.25, -0.2) is 0 Å². The molecule has 114 valence electrons. The highest BCUT2D eigenvalue weighted by atomic mass is 16.5. The fraction of sp³-hybridized carbons (Fsp3) is 0.500. The molecule has 0 saturated heterocycles. The van der Waals surface area contributed by atoms with Gasteiger partial charge in [0.15, 0.2) is 0 Å². The summed E-state index contributed by atoms with van der Waals surface area (Å²) in [4.78, 5) is 4.59. The molecule has 1 heterocycles. The summed E-state index contributed by atoms with van der Waals surface area (Å²) < 4.78 is 5.81. The minimum Gasteiger partial charge on any atom is -0.379 e. The Labute approximate surface area is 127 Å². The molecule has 1 aromatic carbocycles.